The molecule has 0 spiro atoms. The van der Waals surface area contributed by atoms with Gasteiger partial charge in [0, 0.05) is 6.07 Å². The van der Waals surface area contributed by atoms with Crippen molar-refractivity contribution in [1.82, 2.24) is 0 Å². The molecule has 0 saturated carbocycles. The average molecular weight is 316 g/mol. The third-order valence-electron chi connectivity index (χ3n) is 2.25. The van der Waals surface area contributed by atoms with E-state index in [4.69, 9.17) is 15.2 Å². The SMILES string of the molecule is CC(C)Oc1cc(OC(C)C)c(CCN)cc1Br. The maximum atomic E-state index is 5.82. The lowest BCUT2D eigenvalue weighted by Crippen LogP contribution is -2.12. The van der Waals surface area contributed by atoms with E-state index < -0.39 is 0 Å². The van der Waals surface area contributed by atoms with Gasteiger partial charge in [0.15, 0.2) is 0 Å². The van der Waals surface area contributed by atoms with Gasteiger partial charge in [-0.05, 0) is 68.2 Å². The molecule has 0 saturated heterocycles. The van der Waals surface area contributed by atoms with Crippen molar-refractivity contribution >= 4 is 15.9 Å². The summed E-state index contributed by atoms with van der Waals surface area (Å²) in [5.74, 6) is 1.66. The minimum Gasteiger partial charge on any atom is -0.491 e. The topological polar surface area (TPSA) is 44.5 Å². The molecular weight excluding hydrogens is 294 g/mol. The summed E-state index contributed by atoms with van der Waals surface area (Å²) in [5.41, 5.74) is 6.73. The zero-order valence-electron chi connectivity index (χ0n) is 11.5. The Morgan fingerprint density at radius 3 is 2.11 bits per heavy atom. The molecule has 102 valence electrons. The monoisotopic (exact) mass is 315 g/mol. The third kappa shape index (κ3) is 4.50. The molecule has 18 heavy (non-hydrogen) atoms. The van der Waals surface area contributed by atoms with Gasteiger partial charge in [0.2, 0.25) is 0 Å². The van der Waals surface area contributed by atoms with Crippen molar-refractivity contribution in [1.29, 1.82) is 0 Å². The molecule has 1 aromatic carbocycles. The lowest BCUT2D eigenvalue weighted by molar-refractivity contribution is 0.226. The normalized spacial score (nSPS) is 11.1. The Labute approximate surface area is 118 Å². The molecule has 0 unspecified atom stereocenters. The molecule has 0 fully saturated rings. The molecule has 2 N–H and O–H groups in total. The van der Waals surface area contributed by atoms with Crippen molar-refractivity contribution < 1.29 is 9.47 Å². The van der Waals surface area contributed by atoms with Gasteiger partial charge in [0.05, 0.1) is 16.7 Å². The number of benzene rings is 1. The highest BCUT2D eigenvalue weighted by Gasteiger charge is 2.12. The van der Waals surface area contributed by atoms with Crippen LogP contribution in [0.25, 0.3) is 0 Å². The van der Waals surface area contributed by atoms with E-state index in [2.05, 4.69) is 15.9 Å². The summed E-state index contributed by atoms with van der Waals surface area (Å²) < 4.78 is 12.5. The molecule has 0 aliphatic carbocycles. The van der Waals surface area contributed by atoms with Gasteiger partial charge in [-0.1, -0.05) is 0 Å². The summed E-state index contributed by atoms with van der Waals surface area (Å²) in [4.78, 5) is 0. The number of halogens is 1. The standard InChI is InChI=1S/C14H22BrNO2/c1-9(2)17-13-8-14(18-10(3)4)12(15)7-11(13)5-6-16/h7-10H,5-6,16H2,1-4H3. The summed E-state index contributed by atoms with van der Waals surface area (Å²) in [6, 6.07) is 3.97. The summed E-state index contributed by atoms with van der Waals surface area (Å²) in [7, 11) is 0. The van der Waals surface area contributed by atoms with Crippen LogP contribution in [0.3, 0.4) is 0 Å². The molecule has 1 aromatic rings. The fourth-order valence-electron chi connectivity index (χ4n) is 1.63. The highest BCUT2D eigenvalue weighted by Crippen LogP contribution is 2.34. The van der Waals surface area contributed by atoms with Crippen molar-refractivity contribution in [3.63, 3.8) is 0 Å². The van der Waals surface area contributed by atoms with E-state index in [0.717, 1.165) is 28.0 Å². The third-order valence-corrected chi connectivity index (χ3v) is 2.87. The number of rotatable bonds is 6. The van der Waals surface area contributed by atoms with Crippen LogP contribution in [0.5, 0.6) is 11.5 Å². The summed E-state index contributed by atoms with van der Waals surface area (Å²) in [6.45, 7) is 8.63. The van der Waals surface area contributed by atoms with Gasteiger partial charge in [-0.25, -0.2) is 0 Å². The van der Waals surface area contributed by atoms with E-state index in [9.17, 15) is 0 Å². The maximum Gasteiger partial charge on any atom is 0.137 e. The van der Waals surface area contributed by atoms with Crippen LogP contribution < -0.4 is 15.2 Å². The largest absolute Gasteiger partial charge is 0.491 e. The summed E-state index contributed by atoms with van der Waals surface area (Å²) >= 11 is 3.52. The van der Waals surface area contributed by atoms with Crippen molar-refractivity contribution in [3.8, 4) is 11.5 Å². The first-order valence-corrected chi connectivity index (χ1v) is 7.09. The highest BCUT2D eigenvalue weighted by molar-refractivity contribution is 9.10. The van der Waals surface area contributed by atoms with Gasteiger partial charge >= 0.3 is 0 Å². The molecule has 3 nitrogen and oxygen atoms in total. The summed E-state index contributed by atoms with van der Waals surface area (Å²) in [5, 5.41) is 0. The lowest BCUT2D eigenvalue weighted by Gasteiger charge is -2.18. The van der Waals surface area contributed by atoms with Crippen LogP contribution in [0.1, 0.15) is 33.3 Å². The second kappa shape index (κ2) is 7.00. The molecule has 1 rings (SSSR count). The van der Waals surface area contributed by atoms with E-state index >= 15 is 0 Å². The van der Waals surface area contributed by atoms with Gasteiger partial charge < -0.3 is 15.2 Å². The smallest absolute Gasteiger partial charge is 0.137 e. The van der Waals surface area contributed by atoms with Crippen LogP contribution in [-0.4, -0.2) is 18.8 Å². The Morgan fingerprint density at radius 1 is 1.06 bits per heavy atom. The van der Waals surface area contributed by atoms with Gasteiger partial charge in [-0.2, -0.15) is 0 Å². The van der Waals surface area contributed by atoms with Crippen LogP contribution in [0, 0.1) is 0 Å². The highest BCUT2D eigenvalue weighted by atomic mass is 79.9. The second-order valence-corrected chi connectivity index (χ2v) is 5.62. The van der Waals surface area contributed by atoms with Gasteiger partial charge in [0.1, 0.15) is 11.5 Å². The van der Waals surface area contributed by atoms with Crippen molar-refractivity contribution in [2.75, 3.05) is 6.54 Å². The van der Waals surface area contributed by atoms with E-state index in [0.29, 0.717) is 6.54 Å². The van der Waals surface area contributed by atoms with Crippen molar-refractivity contribution in [2.24, 2.45) is 5.73 Å². The Morgan fingerprint density at radius 2 is 1.61 bits per heavy atom. The first-order valence-electron chi connectivity index (χ1n) is 6.29. The number of hydrogen-bond acceptors (Lipinski definition) is 3. The predicted octanol–water partition coefficient (Wildman–Crippen LogP) is 3.52. The van der Waals surface area contributed by atoms with Gasteiger partial charge in [-0.3, -0.25) is 0 Å². The van der Waals surface area contributed by atoms with Gasteiger partial charge in [0.25, 0.3) is 0 Å². The number of hydrogen-bond donors (Lipinski definition) is 1. The fraction of sp³-hybridized carbons (Fsp3) is 0.571. The predicted molar refractivity (Wildman–Crippen MR) is 78.4 cm³/mol. The number of ether oxygens (including phenoxy) is 2. The molecule has 0 amide bonds. The quantitative estimate of drug-likeness (QED) is 0.873. The molecule has 0 heterocycles. The van der Waals surface area contributed by atoms with Crippen LogP contribution in [0.15, 0.2) is 16.6 Å². The molecule has 0 aromatic heterocycles. The van der Waals surface area contributed by atoms with E-state index in [1.54, 1.807) is 0 Å². The lowest BCUT2D eigenvalue weighted by atomic mass is 10.1. The molecule has 0 aliphatic heterocycles. The Bertz CT molecular complexity index is 392. The maximum absolute atomic E-state index is 5.82. The molecule has 0 aliphatic rings. The van der Waals surface area contributed by atoms with Crippen LogP contribution in [-0.2, 0) is 6.42 Å². The van der Waals surface area contributed by atoms with Crippen molar-refractivity contribution in [3.05, 3.63) is 22.2 Å². The Balaban J connectivity index is 3.08. The molecule has 0 radical (unpaired) electrons. The first kappa shape index (κ1) is 15.3. The molecule has 0 atom stereocenters. The van der Waals surface area contributed by atoms with Crippen LogP contribution >= 0.6 is 15.9 Å². The van der Waals surface area contributed by atoms with E-state index in [1.807, 2.05) is 39.8 Å². The van der Waals surface area contributed by atoms with Crippen LogP contribution in [0.4, 0.5) is 0 Å². The molecule has 0 bridgehead atoms. The Hall–Kier alpha value is -0.740. The first-order chi connectivity index (χ1) is 8.43. The van der Waals surface area contributed by atoms with E-state index in [1.165, 1.54) is 0 Å². The zero-order chi connectivity index (χ0) is 13.7. The molecule has 4 heteroatoms. The number of nitrogens with two attached hydrogens (primary N) is 1. The van der Waals surface area contributed by atoms with Crippen LogP contribution in [0.2, 0.25) is 0 Å². The minimum absolute atomic E-state index is 0.133. The molecular formula is C14H22BrNO2. The zero-order valence-corrected chi connectivity index (χ0v) is 13.1. The second-order valence-electron chi connectivity index (χ2n) is 4.76. The fourth-order valence-corrected chi connectivity index (χ4v) is 2.12. The average Bonchev–Trinajstić information content (AvgIpc) is 2.23. The van der Waals surface area contributed by atoms with Gasteiger partial charge in [-0.15, -0.1) is 0 Å². The van der Waals surface area contributed by atoms with E-state index in [-0.39, 0.29) is 12.2 Å². The Kier molecular flexibility index (Phi) is 5.96. The minimum atomic E-state index is 0.133. The van der Waals surface area contributed by atoms with Crippen molar-refractivity contribution in [2.45, 2.75) is 46.3 Å². The summed E-state index contributed by atoms with van der Waals surface area (Å²) in [6.07, 6.45) is 1.06.